The molecule has 4 nitrogen and oxygen atoms in total. The molecule has 1 heterocycles. The molecular formula is C26H31ClN2O2. The van der Waals surface area contributed by atoms with E-state index in [0.29, 0.717) is 25.5 Å². The van der Waals surface area contributed by atoms with Crippen LogP contribution in [0.15, 0.2) is 48.3 Å². The van der Waals surface area contributed by atoms with Crippen molar-refractivity contribution in [1.29, 1.82) is 0 Å². The van der Waals surface area contributed by atoms with Gasteiger partial charge in [0.2, 0.25) is 5.24 Å². The Balaban J connectivity index is 1.99. The van der Waals surface area contributed by atoms with E-state index in [1.165, 1.54) is 5.56 Å². The zero-order chi connectivity index (χ0) is 22.5. The van der Waals surface area contributed by atoms with Gasteiger partial charge in [0.15, 0.2) is 0 Å². The van der Waals surface area contributed by atoms with Crippen molar-refractivity contribution in [2.45, 2.75) is 53.7 Å². The molecule has 0 aliphatic heterocycles. The summed E-state index contributed by atoms with van der Waals surface area (Å²) in [7, 11) is 0. The number of benzene rings is 1. The Kier molecular flexibility index (Phi) is 7.69. The molecule has 1 unspecified atom stereocenters. The van der Waals surface area contributed by atoms with Gasteiger partial charge in [-0.3, -0.25) is 9.78 Å². The van der Waals surface area contributed by atoms with Crippen molar-refractivity contribution in [3.05, 3.63) is 76.3 Å². The molecule has 0 spiro atoms. The Morgan fingerprint density at radius 2 is 1.94 bits per heavy atom. The molecule has 164 valence electrons. The van der Waals surface area contributed by atoms with Crippen LogP contribution >= 0.6 is 11.6 Å². The molecular weight excluding hydrogens is 408 g/mol. The van der Waals surface area contributed by atoms with Crippen molar-refractivity contribution in [2.24, 2.45) is 17.6 Å². The Morgan fingerprint density at radius 3 is 2.48 bits per heavy atom. The highest BCUT2D eigenvalue weighted by atomic mass is 35.5. The van der Waals surface area contributed by atoms with E-state index in [2.05, 4.69) is 45.0 Å². The second-order valence-electron chi connectivity index (χ2n) is 8.54. The van der Waals surface area contributed by atoms with Crippen LogP contribution in [-0.4, -0.2) is 10.2 Å². The van der Waals surface area contributed by atoms with Crippen molar-refractivity contribution in [2.75, 3.05) is 0 Å². The number of nitrogens with zero attached hydrogens (tertiary/aromatic N) is 1. The Bertz CT molecular complexity index is 1010. The van der Waals surface area contributed by atoms with Crippen LogP contribution < -0.4 is 5.73 Å². The molecule has 2 aromatic rings. The van der Waals surface area contributed by atoms with Gasteiger partial charge in [-0.15, -0.1) is 0 Å². The monoisotopic (exact) mass is 438 g/mol. The van der Waals surface area contributed by atoms with Gasteiger partial charge in [0.25, 0.3) is 0 Å². The number of aryl methyl sites for hydroxylation is 2. The van der Waals surface area contributed by atoms with Gasteiger partial charge in [-0.1, -0.05) is 49.8 Å². The maximum Gasteiger partial charge on any atom is 0.228 e. The van der Waals surface area contributed by atoms with Crippen LogP contribution in [0.25, 0.3) is 11.1 Å². The number of allylic oxidation sites excluding steroid dienone is 3. The molecule has 0 radical (unpaired) electrons. The molecule has 3 rings (SSSR count). The lowest BCUT2D eigenvalue weighted by atomic mass is 9.90. The fraction of sp³-hybridized carbons (Fsp3) is 0.385. The van der Waals surface area contributed by atoms with Crippen molar-refractivity contribution in [3.63, 3.8) is 0 Å². The fourth-order valence-corrected chi connectivity index (χ4v) is 4.06. The number of carbonyl (C=O) groups is 1. The van der Waals surface area contributed by atoms with Gasteiger partial charge in [0.1, 0.15) is 12.4 Å². The van der Waals surface area contributed by atoms with Crippen LogP contribution in [0, 0.1) is 25.7 Å². The number of hydrogen-bond donors (Lipinski definition) is 1. The first-order chi connectivity index (χ1) is 14.8. The number of carbonyl (C=O) groups excluding carboxylic acids is 1. The molecule has 31 heavy (non-hydrogen) atoms. The van der Waals surface area contributed by atoms with E-state index in [9.17, 15) is 4.79 Å². The van der Waals surface area contributed by atoms with E-state index >= 15 is 0 Å². The Labute approximate surface area is 190 Å². The molecule has 1 aliphatic carbocycles. The highest BCUT2D eigenvalue weighted by Crippen LogP contribution is 2.33. The van der Waals surface area contributed by atoms with E-state index in [0.717, 1.165) is 45.8 Å². The first kappa shape index (κ1) is 23.2. The van der Waals surface area contributed by atoms with Crippen LogP contribution in [-0.2, 0) is 29.1 Å². The second-order valence-corrected chi connectivity index (χ2v) is 8.92. The third-order valence-corrected chi connectivity index (χ3v) is 5.86. The van der Waals surface area contributed by atoms with E-state index in [1.54, 1.807) is 6.08 Å². The minimum atomic E-state index is -0.346. The molecule has 2 N–H and O–H groups in total. The summed E-state index contributed by atoms with van der Waals surface area (Å²) in [4.78, 5) is 16.3. The van der Waals surface area contributed by atoms with E-state index in [-0.39, 0.29) is 11.2 Å². The summed E-state index contributed by atoms with van der Waals surface area (Å²) in [6.07, 6.45) is 6.97. The van der Waals surface area contributed by atoms with E-state index < -0.39 is 0 Å². The molecule has 1 aromatic heterocycles. The summed E-state index contributed by atoms with van der Waals surface area (Å²) in [6, 6.07) is 8.52. The van der Waals surface area contributed by atoms with E-state index in [4.69, 9.17) is 27.1 Å². The first-order valence-electron chi connectivity index (χ1n) is 10.8. The third-order valence-electron chi connectivity index (χ3n) is 5.58. The Morgan fingerprint density at radius 1 is 1.23 bits per heavy atom. The van der Waals surface area contributed by atoms with Crippen molar-refractivity contribution in [1.82, 2.24) is 4.98 Å². The lowest BCUT2D eigenvalue weighted by Gasteiger charge is -2.22. The molecule has 1 aromatic carbocycles. The van der Waals surface area contributed by atoms with Gasteiger partial charge >= 0.3 is 0 Å². The number of rotatable bonds is 8. The smallest absolute Gasteiger partial charge is 0.228 e. The Hall–Kier alpha value is -2.43. The zero-order valence-corrected chi connectivity index (χ0v) is 19.5. The van der Waals surface area contributed by atoms with Crippen LogP contribution in [0.2, 0.25) is 0 Å². The normalized spacial score (nSPS) is 15.8. The molecule has 0 amide bonds. The van der Waals surface area contributed by atoms with Crippen molar-refractivity contribution >= 4 is 16.8 Å². The topological polar surface area (TPSA) is 65.2 Å². The van der Waals surface area contributed by atoms with Crippen LogP contribution in [0.4, 0.5) is 0 Å². The lowest BCUT2D eigenvalue weighted by molar-refractivity contribution is -0.113. The minimum absolute atomic E-state index is 0.278. The fourth-order valence-electron chi connectivity index (χ4n) is 3.90. The second kappa shape index (κ2) is 10.3. The number of aromatic nitrogens is 1. The largest absolute Gasteiger partial charge is 0.489 e. The number of halogens is 1. The van der Waals surface area contributed by atoms with Gasteiger partial charge in [-0.2, -0.15) is 0 Å². The molecule has 1 atom stereocenters. The maximum absolute atomic E-state index is 11.4. The SMILES string of the molecule is Cc1ccc(-c2c(COC3=CCC(C(=O)Cl)C=C3)c(C)nc(CC(C)C)c2CN)cc1. The number of nitrogens with two attached hydrogens (primary N) is 1. The average molecular weight is 439 g/mol. The molecule has 0 saturated heterocycles. The number of ether oxygens (including phenoxy) is 1. The molecule has 0 fully saturated rings. The summed E-state index contributed by atoms with van der Waals surface area (Å²) in [5.74, 6) is 0.948. The predicted octanol–water partition coefficient (Wildman–Crippen LogP) is 5.76. The molecule has 0 saturated carbocycles. The predicted molar refractivity (Wildman–Crippen MR) is 127 cm³/mol. The zero-order valence-electron chi connectivity index (χ0n) is 18.7. The van der Waals surface area contributed by atoms with Crippen molar-refractivity contribution in [3.8, 4) is 11.1 Å². The first-order valence-corrected chi connectivity index (χ1v) is 11.2. The van der Waals surface area contributed by atoms with Crippen molar-refractivity contribution < 1.29 is 9.53 Å². The lowest BCUT2D eigenvalue weighted by Crippen LogP contribution is -2.14. The summed E-state index contributed by atoms with van der Waals surface area (Å²) in [5.41, 5.74) is 13.9. The van der Waals surface area contributed by atoms with Crippen LogP contribution in [0.1, 0.15) is 48.3 Å². The highest BCUT2D eigenvalue weighted by Gasteiger charge is 2.21. The van der Waals surface area contributed by atoms with Gasteiger partial charge in [-0.25, -0.2) is 0 Å². The number of pyridine rings is 1. The van der Waals surface area contributed by atoms with Crippen LogP contribution in [0.5, 0.6) is 0 Å². The van der Waals surface area contributed by atoms with Gasteiger partial charge in [-0.05, 0) is 73.1 Å². The third kappa shape index (κ3) is 5.63. The average Bonchev–Trinajstić information content (AvgIpc) is 2.73. The number of hydrogen-bond acceptors (Lipinski definition) is 4. The van der Waals surface area contributed by atoms with Gasteiger partial charge in [0.05, 0.1) is 5.92 Å². The quantitative estimate of drug-likeness (QED) is 0.531. The summed E-state index contributed by atoms with van der Waals surface area (Å²) >= 11 is 5.60. The summed E-state index contributed by atoms with van der Waals surface area (Å²) < 4.78 is 6.12. The summed E-state index contributed by atoms with van der Waals surface area (Å²) in [5, 5.41) is -0.346. The molecule has 5 heteroatoms. The van der Waals surface area contributed by atoms with Crippen LogP contribution in [0.3, 0.4) is 0 Å². The molecule has 0 bridgehead atoms. The van der Waals surface area contributed by atoms with Gasteiger partial charge in [0, 0.05) is 23.5 Å². The summed E-state index contributed by atoms with van der Waals surface area (Å²) in [6.45, 7) is 9.32. The molecule has 1 aliphatic rings. The van der Waals surface area contributed by atoms with E-state index in [1.807, 2.05) is 19.1 Å². The maximum atomic E-state index is 11.4. The van der Waals surface area contributed by atoms with Gasteiger partial charge < -0.3 is 10.5 Å². The standard InChI is InChI=1S/C26H31ClN2O2/c1-16(2)13-24-22(14-28)25(19-7-5-17(3)6-8-19)23(18(4)29-24)15-31-21-11-9-20(10-12-21)26(27)30/h5-9,11-12,16,20H,10,13-15,28H2,1-4H3. The minimum Gasteiger partial charge on any atom is -0.489 e. The highest BCUT2D eigenvalue weighted by molar-refractivity contribution is 6.64.